The summed E-state index contributed by atoms with van der Waals surface area (Å²) in [7, 11) is 0. The first-order chi connectivity index (χ1) is 9.63. The van der Waals surface area contributed by atoms with Crippen LogP contribution >= 0.6 is 0 Å². The van der Waals surface area contributed by atoms with E-state index in [1.54, 1.807) is 0 Å². The zero-order valence-electron chi connectivity index (χ0n) is 10.1. The molecule has 1 aromatic heterocycles. The molecule has 0 saturated heterocycles. The van der Waals surface area contributed by atoms with Crippen LogP contribution in [-0.2, 0) is 0 Å². The number of anilines is 2. The number of rotatable bonds is 2. The van der Waals surface area contributed by atoms with Crippen LogP contribution in [0.2, 0.25) is 0 Å². The topological polar surface area (TPSA) is 37.8 Å². The molecule has 20 heavy (non-hydrogen) atoms. The minimum Gasteiger partial charge on any atom is -0.337 e. The first-order valence-corrected chi connectivity index (χ1v) is 5.76. The van der Waals surface area contributed by atoms with Gasteiger partial charge in [0.25, 0.3) is 0 Å². The molecule has 0 aliphatic carbocycles. The Balaban J connectivity index is 2.10. The number of hydrogen-bond donors (Lipinski definition) is 1. The molecular formula is C14H8F3N3. The van der Waals surface area contributed by atoms with Gasteiger partial charge in [0, 0.05) is 11.5 Å². The lowest BCUT2D eigenvalue weighted by atomic mass is 10.2. The lowest BCUT2D eigenvalue weighted by Gasteiger charge is -2.09. The highest BCUT2D eigenvalue weighted by Gasteiger charge is 2.09. The van der Waals surface area contributed by atoms with E-state index in [1.807, 2.05) is 0 Å². The number of nitrogens with one attached hydrogen (secondary N) is 1. The molecule has 3 rings (SSSR count). The molecule has 100 valence electrons. The molecule has 0 bridgehead atoms. The molecule has 2 aromatic carbocycles. The van der Waals surface area contributed by atoms with E-state index in [0.717, 1.165) is 18.2 Å². The Bertz CT molecular complexity index is 790. The fourth-order valence-electron chi connectivity index (χ4n) is 1.85. The zero-order valence-corrected chi connectivity index (χ0v) is 10.1. The van der Waals surface area contributed by atoms with E-state index in [-0.39, 0.29) is 11.5 Å². The van der Waals surface area contributed by atoms with Gasteiger partial charge in [0.2, 0.25) is 0 Å². The average molecular weight is 275 g/mol. The van der Waals surface area contributed by atoms with Crippen molar-refractivity contribution in [3.63, 3.8) is 0 Å². The molecule has 0 saturated carbocycles. The second kappa shape index (κ2) is 4.80. The summed E-state index contributed by atoms with van der Waals surface area (Å²) in [5.41, 5.74) is 0.426. The highest BCUT2D eigenvalue weighted by atomic mass is 19.1. The summed E-state index contributed by atoms with van der Waals surface area (Å²) in [6, 6.07) is 7.00. The van der Waals surface area contributed by atoms with E-state index >= 15 is 0 Å². The third-order valence-corrected chi connectivity index (χ3v) is 2.78. The lowest BCUT2D eigenvalue weighted by molar-refractivity contribution is 0.603. The van der Waals surface area contributed by atoms with Crippen molar-refractivity contribution in [3.05, 3.63) is 60.2 Å². The van der Waals surface area contributed by atoms with Gasteiger partial charge in [-0.05, 0) is 30.3 Å². The fraction of sp³-hybridized carbons (Fsp3) is 0. The summed E-state index contributed by atoms with van der Waals surface area (Å²) in [6.07, 6.45) is 1.26. The van der Waals surface area contributed by atoms with E-state index in [1.165, 1.54) is 24.5 Å². The van der Waals surface area contributed by atoms with Crippen molar-refractivity contribution in [2.45, 2.75) is 0 Å². The molecule has 0 fully saturated rings. The minimum atomic E-state index is -0.630. The van der Waals surface area contributed by atoms with Gasteiger partial charge in [-0.2, -0.15) is 0 Å². The summed E-state index contributed by atoms with van der Waals surface area (Å²) in [5, 5.41) is 3.04. The van der Waals surface area contributed by atoms with Crippen molar-refractivity contribution in [1.82, 2.24) is 9.97 Å². The largest absolute Gasteiger partial charge is 0.337 e. The lowest BCUT2D eigenvalue weighted by Crippen LogP contribution is -1.99. The van der Waals surface area contributed by atoms with Gasteiger partial charge in [-0.25, -0.2) is 23.1 Å². The van der Waals surface area contributed by atoms with Crippen LogP contribution in [0.1, 0.15) is 0 Å². The number of nitrogens with zero attached hydrogens (tertiary/aromatic N) is 2. The van der Waals surface area contributed by atoms with Crippen molar-refractivity contribution < 1.29 is 13.2 Å². The van der Waals surface area contributed by atoms with Crippen LogP contribution < -0.4 is 5.32 Å². The number of aromatic nitrogens is 2. The monoisotopic (exact) mass is 275 g/mol. The van der Waals surface area contributed by atoms with Gasteiger partial charge in [-0.1, -0.05) is 0 Å². The molecular weight excluding hydrogens is 267 g/mol. The first kappa shape index (κ1) is 12.4. The van der Waals surface area contributed by atoms with Gasteiger partial charge < -0.3 is 5.32 Å². The van der Waals surface area contributed by atoms with Crippen molar-refractivity contribution in [2.75, 3.05) is 5.32 Å². The van der Waals surface area contributed by atoms with Crippen molar-refractivity contribution in [3.8, 4) is 0 Å². The van der Waals surface area contributed by atoms with Gasteiger partial charge in [0.05, 0.1) is 11.2 Å². The summed E-state index contributed by atoms with van der Waals surface area (Å²) >= 11 is 0. The maximum absolute atomic E-state index is 13.6. The van der Waals surface area contributed by atoms with E-state index in [0.29, 0.717) is 10.9 Å². The highest BCUT2D eigenvalue weighted by molar-refractivity contribution is 5.90. The zero-order chi connectivity index (χ0) is 14.1. The van der Waals surface area contributed by atoms with Crippen LogP contribution in [0, 0.1) is 17.5 Å². The molecule has 1 heterocycles. The standard InChI is InChI=1S/C14H8F3N3/c15-8-2-4-12-10(5-8)14(19-7-18-12)20-13-6-9(16)1-3-11(13)17/h1-7H,(H,18,19,20). The van der Waals surface area contributed by atoms with E-state index in [9.17, 15) is 13.2 Å². The predicted molar refractivity (Wildman–Crippen MR) is 69.1 cm³/mol. The summed E-state index contributed by atoms with van der Waals surface area (Å²) in [6.45, 7) is 0. The van der Waals surface area contributed by atoms with Crippen molar-refractivity contribution in [2.24, 2.45) is 0 Å². The Morgan fingerprint density at radius 1 is 0.850 bits per heavy atom. The summed E-state index contributed by atoms with van der Waals surface area (Å²) in [5.74, 6) is -1.47. The van der Waals surface area contributed by atoms with Crippen molar-refractivity contribution in [1.29, 1.82) is 0 Å². The van der Waals surface area contributed by atoms with Crippen LogP contribution in [-0.4, -0.2) is 9.97 Å². The first-order valence-electron chi connectivity index (χ1n) is 5.76. The molecule has 3 aromatic rings. The Kier molecular flexibility index (Phi) is 2.98. The quantitative estimate of drug-likeness (QED) is 0.773. The molecule has 1 N–H and O–H groups in total. The van der Waals surface area contributed by atoms with Gasteiger partial charge in [-0.15, -0.1) is 0 Å². The van der Waals surface area contributed by atoms with Gasteiger partial charge in [-0.3, -0.25) is 0 Å². The fourth-order valence-corrected chi connectivity index (χ4v) is 1.85. The predicted octanol–water partition coefficient (Wildman–Crippen LogP) is 3.79. The Labute approximate surface area is 112 Å². The third-order valence-electron chi connectivity index (χ3n) is 2.78. The maximum Gasteiger partial charge on any atom is 0.146 e. The van der Waals surface area contributed by atoms with Crippen LogP contribution in [0.3, 0.4) is 0 Å². The van der Waals surface area contributed by atoms with Crippen LogP contribution in [0.25, 0.3) is 10.9 Å². The van der Waals surface area contributed by atoms with E-state index in [2.05, 4.69) is 15.3 Å². The Hall–Kier alpha value is -2.63. The summed E-state index contributed by atoms with van der Waals surface area (Å²) in [4.78, 5) is 7.92. The third kappa shape index (κ3) is 2.27. The number of halogens is 3. The molecule has 0 spiro atoms. The average Bonchev–Trinajstić information content (AvgIpc) is 2.43. The van der Waals surface area contributed by atoms with Crippen molar-refractivity contribution >= 4 is 22.4 Å². The molecule has 0 amide bonds. The number of fused-ring (bicyclic) bond motifs is 1. The van der Waals surface area contributed by atoms with Gasteiger partial charge in [0.1, 0.15) is 29.6 Å². The SMILES string of the molecule is Fc1ccc(F)c(Nc2ncnc3ccc(F)cc23)c1. The van der Waals surface area contributed by atoms with Crippen LogP contribution in [0.4, 0.5) is 24.7 Å². The van der Waals surface area contributed by atoms with Gasteiger partial charge in [0.15, 0.2) is 0 Å². The molecule has 0 unspecified atom stereocenters. The maximum atomic E-state index is 13.6. The second-order valence-corrected chi connectivity index (χ2v) is 4.13. The highest BCUT2D eigenvalue weighted by Crippen LogP contribution is 2.25. The molecule has 6 heteroatoms. The van der Waals surface area contributed by atoms with Crippen LogP contribution in [0.5, 0.6) is 0 Å². The molecule has 0 radical (unpaired) electrons. The Morgan fingerprint density at radius 2 is 1.60 bits per heavy atom. The molecule has 3 nitrogen and oxygen atoms in total. The smallest absolute Gasteiger partial charge is 0.146 e. The second-order valence-electron chi connectivity index (χ2n) is 4.13. The minimum absolute atomic E-state index is 0.0748. The molecule has 0 aliphatic heterocycles. The normalized spacial score (nSPS) is 10.8. The Morgan fingerprint density at radius 3 is 2.45 bits per heavy atom. The van der Waals surface area contributed by atoms with Crippen LogP contribution in [0.15, 0.2) is 42.7 Å². The molecule has 0 aliphatic rings. The number of hydrogen-bond acceptors (Lipinski definition) is 3. The summed E-state index contributed by atoms with van der Waals surface area (Å²) < 4.78 is 40.0. The van der Waals surface area contributed by atoms with E-state index in [4.69, 9.17) is 0 Å². The number of benzene rings is 2. The van der Waals surface area contributed by atoms with Gasteiger partial charge >= 0.3 is 0 Å². The van der Waals surface area contributed by atoms with E-state index < -0.39 is 17.5 Å². The molecule has 0 atom stereocenters.